The van der Waals surface area contributed by atoms with E-state index in [0.29, 0.717) is 12.2 Å². The normalized spacial score (nSPS) is 15.9. The second-order valence-corrected chi connectivity index (χ2v) is 7.06. The van der Waals surface area contributed by atoms with E-state index in [1.165, 1.54) is 31.9 Å². The highest BCUT2D eigenvalue weighted by Crippen LogP contribution is 2.32. The third kappa shape index (κ3) is 5.43. The van der Waals surface area contributed by atoms with Crippen molar-refractivity contribution in [3.8, 4) is 0 Å². The highest BCUT2D eigenvalue weighted by Gasteiger charge is 2.20. The lowest BCUT2D eigenvalue weighted by molar-refractivity contribution is 0.0536. The van der Waals surface area contributed by atoms with Crippen molar-refractivity contribution in [3.05, 3.63) is 45.4 Å². The molecule has 0 radical (unpaired) electrons. The number of hydrogen-bond donors (Lipinski definition) is 1. The van der Waals surface area contributed by atoms with E-state index in [2.05, 4.69) is 27.5 Å². The van der Waals surface area contributed by atoms with Crippen LogP contribution < -0.4 is 5.48 Å². The Balaban J connectivity index is 2.36. The first kappa shape index (κ1) is 19.2. The van der Waals surface area contributed by atoms with Crippen LogP contribution in [0.15, 0.2) is 34.3 Å². The Bertz CT molecular complexity index is 578. The van der Waals surface area contributed by atoms with Crippen LogP contribution in [0.4, 0.5) is 0 Å². The number of halogens is 1. The van der Waals surface area contributed by atoms with Gasteiger partial charge in [0.2, 0.25) is 0 Å². The van der Waals surface area contributed by atoms with E-state index in [9.17, 15) is 4.79 Å². The summed E-state index contributed by atoms with van der Waals surface area (Å²) in [6, 6.07) is 5.76. The van der Waals surface area contributed by atoms with E-state index < -0.39 is 0 Å². The largest absolute Gasteiger partial charge is 0.385 e. The van der Waals surface area contributed by atoms with E-state index in [1.807, 2.05) is 18.2 Å². The summed E-state index contributed by atoms with van der Waals surface area (Å²) in [4.78, 5) is 17.1. The molecule has 1 aromatic carbocycles. The highest BCUT2D eigenvalue weighted by atomic mass is 79.9. The number of rotatable bonds is 7. The minimum Gasteiger partial charge on any atom is -0.385 e. The Morgan fingerprint density at radius 3 is 2.71 bits per heavy atom. The zero-order valence-corrected chi connectivity index (χ0v) is 16.0. The molecule has 1 aliphatic rings. The SMILES string of the molecule is COCC[C@H](C=C1CCCCC1)c1cc(Br)ccc1C(=O)NOC. The predicted octanol–water partition coefficient (Wildman–Crippen LogP) is 4.75. The number of allylic oxidation sites excluding steroid dienone is 2. The molecule has 0 saturated heterocycles. The molecule has 0 aliphatic heterocycles. The molecule has 1 amide bonds. The number of hydrogen-bond acceptors (Lipinski definition) is 3. The fraction of sp³-hybridized carbons (Fsp3) is 0.526. The van der Waals surface area contributed by atoms with Crippen LogP contribution >= 0.6 is 15.9 Å². The molecule has 0 heterocycles. The minimum absolute atomic E-state index is 0.160. The first-order chi connectivity index (χ1) is 11.7. The molecule has 1 N–H and O–H groups in total. The molecule has 1 aliphatic carbocycles. The van der Waals surface area contributed by atoms with Crippen LogP contribution in [0.1, 0.15) is 60.4 Å². The summed E-state index contributed by atoms with van der Waals surface area (Å²) in [5, 5.41) is 0. The third-order valence-electron chi connectivity index (χ3n) is 4.42. The van der Waals surface area contributed by atoms with Gasteiger partial charge in [0.15, 0.2) is 0 Å². The first-order valence-electron chi connectivity index (χ1n) is 8.47. The van der Waals surface area contributed by atoms with Gasteiger partial charge in [-0.3, -0.25) is 9.63 Å². The molecule has 132 valence electrons. The summed E-state index contributed by atoms with van der Waals surface area (Å²) in [5.41, 5.74) is 5.59. The Morgan fingerprint density at radius 1 is 1.29 bits per heavy atom. The second-order valence-electron chi connectivity index (χ2n) is 6.14. The molecule has 1 atom stereocenters. The standard InChI is InChI=1S/C19H26BrNO3/c1-23-11-10-15(12-14-6-4-3-5-7-14)18-13-16(20)8-9-17(18)19(22)21-24-2/h8-9,12-13,15H,3-7,10-11H2,1-2H3,(H,21,22)/t15-/m1/s1. The van der Waals surface area contributed by atoms with Gasteiger partial charge < -0.3 is 4.74 Å². The number of hydroxylamine groups is 1. The Morgan fingerprint density at radius 2 is 2.04 bits per heavy atom. The maximum atomic E-state index is 12.3. The number of carbonyl (C=O) groups excluding carboxylic acids is 1. The summed E-state index contributed by atoms with van der Waals surface area (Å²) >= 11 is 3.53. The average Bonchev–Trinajstić information content (AvgIpc) is 2.59. The Kier molecular flexibility index (Phi) is 7.95. The van der Waals surface area contributed by atoms with Crippen molar-refractivity contribution < 1.29 is 14.4 Å². The lowest BCUT2D eigenvalue weighted by Crippen LogP contribution is -2.24. The van der Waals surface area contributed by atoms with Crippen LogP contribution in [-0.4, -0.2) is 26.7 Å². The van der Waals surface area contributed by atoms with E-state index in [-0.39, 0.29) is 11.8 Å². The quantitative estimate of drug-likeness (QED) is 0.535. The molecule has 0 spiro atoms. The van der Waals surface area contributed by atoms with E-state index in [1.54, 1.807) is 7.11 Å². The topological polar surface area (TPSA) is 47.6 Å². The van der Waals surface area contributed by atoms with Gasteiger partial charge in [-0.2, -0.15) is 0 Å². The van der Waals surface area contributed by atoms with Gasteiger partial charge in [-0.1, -0.05) is 34.0 Å². The molecule has 0 unspecified atom stereocenters. The summed E-state index contributed by atoms with van der Waals surface area (Å²) in [5.74, 6) is -0.0578. The molecular formula is C19H26BrNO3. The fourth-order valence-corrected chi connectivity index (χ4v) is 3.60. The summed E-state index contributed by atoms with van der Waals surface area (Å²) in [6.45, 7) is 0.659. The zero-order valence-electron chi connectivity index (χ0n) is 14.4. The predicted molar refractivity (Wildman–Crippen MR) is 99.0 cm³/mol. The van der Waals surface area contributed by atoms with Gasteiger partial charge in [-0.05, 0) is 55.9 Å². The lowest BCUT2D eigenvalue weighted by atomic mass is 9.86. The maximum absolute atomic E-state index is 12.3. The molecule has 1 fully saturated rings. The number of ether oxygens (including phenoxy) is 1. The van der Waals surface area contributed by atoms with E-state index >= 15 is 0 Å². The molecule has 1 saturated carbocycles. The molecule has 4 nitrogen and oxygen atoms in total. The van der Waals surface area contributed by atoms with Gasteiger partial charge in [-0.15, -0.1) is 0 Å². The number of carbonyl (C=O) groups is 1. The summed E-state index contributed by atoms with van der Waals surface area (Å²) in [6.07, 6.45) is 9.37. The van der Waals surface area contributed by atoms with Gasteiger partial charge in [0.25, 0.3) is 5.91 Å². The summed E-state index contributed by atoms with van der Waals surface area (Å²) < 4.78 is 6.26. The fourth-order valence-electron chi connectivity index (χ4n) is 3.23. The van der Waals surface area contributed by atoms with Crippen LogP contribution in [0.5, 0.6) is 0 Å². The number of benzene rings is 1. The van der Waals surface area contributed by atoms with Gasteiger partial charge in [0.05, 0.1) is 7.11 Å². The smallest absolute Gasteiger partial charge is 0.275 e. The zero-order chi connectivity index (χ0) is 17.4. The minimum atomic E-state index is -0.218. The monoisotopic (exact) mass is 395 g/mol. The number of methoxy groups -OCH3 is 1. The van der Waals surface area contributed by atoms with Crippen LogP contribution in [0.3, 0.4) is 0 Å². The highest BCUT2D eigenvalue weighted by molar-refractivity contribution is 9.10. The van der Waals surface area contributed by atoms with Crippen LogP contribution in [0.25, 0.3) is 0 Å². The lowest BCUT2D eigenvalue weighted by Gasteiger charge is -2.21. The van der Waals surface area contributed by atoms with Crippen molar-refractivity contribution in [3.63, 3.8) is 0 Å². The van der Waals surface area contributed by atoms with Crippen molar-refractivity contribution in [2.45, 2.75) is 44.4 Å². The molecule has 2 rings (SSSR count). The van der Waals surface area contributed by atoms with Crippen molar-refractivity contribution in [1.29, 1.82) is 0 Å². The van der Waals surface area contributed by atoms with Crippen molar-refractivity contribution >= 4 is 21.8 Å². The molecule has 0 bridgehead atoms. The van der Waals surface area contributed by atoms with Crippen LogP contribution in [0.2, 0.25) is 0 Å². The van der Waals surface area contributed by atoms with Crippen molar-refractivity contribution in [1.82, 2.24) is 5.48 Å². The Hall–Kier alpha value is -1.17. The summed E-state index contributed by atoms with van der Waals surface area (Å²) in [7, 11) is 3.16. The van der Waals surface area contributed by atoms with Crippen molar-refractivity contribution in [2.24, 2.45) is 0 Å². The first-order valence-corrected chi connectivity index (χ1v) is 9.26. The molecule has 24 heavy (non-hydrogen) atoms. The van der Waals surface area contributed by atoms with Crippen molar-refractivity contribution in [2.75, 3.05) is 20.8 Å². The van der Waals surface area contributed by atoms with Gasteiger partial charge in [0, 0.05) is 29.7 Å². The van der Waals surface area contributed by atoms with Gasteiger partial charge in [-0.25, -0.2) is 5.48 Å². The maximum Gasteiger partial charge on any atom is 0.275 e. The third-order valence-corrected chi connectivity index (χ3v) is 4.91. The Labute approximate surface area is 152 Å². The average molecular weight is 396 g/mol. The molecule has 0 aromatic heterocycles. The molecule has 1 aromatic rings. The molecular weight excluding hydrogens is 370 g/mol. The van der Waals surface area contributed by atoms with Gasteiger partial charge >= 0.3 is 0 Å². The number of amides is 1. The molecule has 5 heteroatoms. The van der Waals surface area contributed by atoms with Crippen LogP contribution in [0, 0.1) is 0 Å². The second kappa shape index (κ2) is 9.97. The van der Waals surface area contributed by atoms with E-state index in [0.717, 1.165) is 29.3 Å². The van der Waals surface area contributed by atoms with Gasteiger partial charge in [0.1, 0.15) is 0 Å². The van der Waals surface area contributed by atoms with Crippen LogP contribution in [-0.2, 0) is 9.57 Å². The van der Waals surface area contributed by atoms with E-state index in [4.69, 9.17) is 9.57 Å². The number of nitrogens with one attached hydrogen (secondary N) is 1.